The van der Waals surface area contributed by atoms with Gasteiger partial charge >= 0.3 is 5.97 Å². The Kier molecular flexibility index (Phi) is 5.56. The van der Waals surface area contributed by atoms with Crippen LogP contribution in [0.25, 0.3) is 5.57 Å². The Hall–Kier alpha value is -2.11. The Balaban J connectivity index is 2.00. The lowest BCUT2D eigenvalue weighted by atomic mass is 10.00. The minimum atomic E-state index is -0.318. The minimum absolute atomic E-state index is 0.318. The fourth-order valence-electron chi connectivity index (χ4n) is 2.83. The molecule has 0 fully saturated rings. The van der Waals surface area contributed by atoms with Gasteiger partial charge in [0.1, 0.15) is 18.1 Å². The van der Waals surface area contributed by atoms with Gasteiger partial charge in [0.2, 0.25) is 0 Å². The summed E-state index contributed by atoms with van der Waals surface area (Å²) >= 11 is 1.73. The zero-order chi connectivity index (χ0) is 17.8. The van der Waals surface area contributed by atoms with E-state index in [1.54, 1.807) is 17.4 Å². The number of fused-ring (bicyclic) bond motifs is 2. The molecule has 132 valence electrons. The van der Waals surface area contributed by atoms with Crippen molar-refractivity contribution in [2.45, 2.75) is 26.9 Å². The Morgan fingerprint density at radius 2 is 2.24 bits per heavy atom. The predicted octanol–water partition coefficient (Wildman–Crippen LogP) is 4.34. The predicted molar refractivity (Wildman–Crippen MR) is 101 cm³/mol. The van der Waals surface area contributed by atoms with Gasteiger partial charge in [0, 0.05) is 29.5 Å². The number of esters is 1. The molecule has 4 nitrogen and oxygen atoms in total. The van der Waals surface area contributed by atoms with Gasteiger partial charge < -0.3 is 14.4 Å². The lowest BCUT2D eigenvalue weighted by Crippen LogP contribution is -2.18. The van der Waals surface area contributed by atoms with Crippen LogP contribution in [-0.2, 0) is 11.4 Å². The number of thiophene rings is 1. The Bertz CT molecular complexity index is 794. The van der Waals surface area contributed by atoms with Crippen LogP contribution in [0.2, 0.25) is 0 Å². The average molecular weight is 357 g/mol. The smallest absolute Gasteiger partial charge is 0.308 e. The molecule has 0 saturated heterocycles. The molecule has 0 amide bonds. The maximum absolute atomic E-state index is 11.3. The minimum Gasteiger partial charge on any atom is -0.488 e. The molecule has 2 aromatic rings. The van der Waals surface area contributed by atoms with Crippen LogP contribution in [0.1, 0.15) is 36.3 Å². The average Bonchev–Trinajstić information content (AvgIpc) is 3.00. The SMILES string of the molecule is CCN(C)CC/C=C1\c2cc(OC(C)=O)ccc2OCc2ccsc21. The van der Waals surface area contributed by atoms with Crippen molar-refractivity contribution in [1.82, 2.24) is 4.90 Å². The van der Waals surface area contributed by atoms with Crippen molar-refractivity contribution in [2.75, 3.05) is 20.1 Å². The van der Waals surface area contributed by atoms with Crippen LogP contribution in [-0.4, -0.2) is 31.0 Å². The zero-order valence-corrected chi connectivity index (χ0v) is 15.7. The molecule has 0 bridgehead atoms. The summed E-state index contributed by atoms with van der Waals surface area (Å²) in [4.78, 5) is 14.8. The third kappa shape index (κ3) is 4.11. The third-order valence-electron chi connectivity index (χ3n) is 4.28. The highest BCUT2D eigenvalue weighted by Gasteiger charge is 2.21. The van der Waals surface area contributed by atoms with Crippen molar-refractivity contribution in [3.8, 4) is 11.5 Å². The van der Waals surface area contributed by atoms with Crippen LogP contribution < -0.4 is 9.47 Å². The van der Waals surface area contributed by atoms with Crippen LogP contribution >= 0.6 is 11.3 Å². The van der Waals surface area contributed by atoms with Crippen molar-refractivity contribution < 1.29 is 14.3 Å². The molecule has 1 aromatic carbocycles. The first kappa shape index (κ1) is 17.7. The van der Waals surface area contributed by atoms with Crippen LogP contribution in [0.3, 0.4) is 0 Å². The molecule has 0 unspecified atom stereocenters. The molecule has 1 aromatic heterocycles. The van der Waals surface area contributed by atoms with Gasteiger partial charge in [0.25, 0.3) is 0 Å². The Labute approximate surface area is 152 Å². The van der Waals surface area contributed by atoms with Crippen LogP contribution in [0.15, 0.2) is 35.7 Å². The highest BCUT2D eigenvalue weighted by Crippen LogP contribution is 2.41. The van der Waals surface area contributed by atoms with Gasteiger partial charge in [-0.15, -0.1) is 11.3 Å². The monoisotopic (exact) mass is 357 g/mol. The molecule has 0 saturated carbocycles. The number of nitrogens with zero attached hydrogens (tertiary/aromatic N) is 1. The molecule has 2 heterocycles. The van der Waals surface area contributed by atoms with Crippen molar-refractivity contribution in [2.24, 2.45) is 0 Å². The van der Waals surface area contributed by atoms with Crippen LogP contribution in [0.5, 0.6) is 11.5 Å². The summed E-state index contributed by atoms with van der Waals surface area (Å²) in [5.41, 5.74) is 3.35. The van der Waals surface area contributed by atoms with Crippen molar-refractivity contribution in [3.63, 3.8) is 0 Å². The Morgan fingerprint density at radius 3 is 3.00 bits per heavy atom. The van der Waals surface area contributed by atoms with Gasteiger partial charge in [-0.05, 0) is 55.2 Å². The quantitative estimate of drug-likeness (QED) is 0.589. The van der Waals surface area contributed by atoms with E-state index in [0.717, 1.165) is 36.4 Å². The largest absolute Gasteiger partial charge is 0.488 e. The van der Waals surface area contributed by atoms with Gasteiger partial charge in [0.05, 0.1) is 0 Å². The number of carbonyl (C=O) groups is 1. The van der Waals surface area contributed by atoms with E-state index < -0.39 is 0 Å². The van der Waals surface area contributed by atoms with E-state index in [9.17, 15) is 4.79 Å². The molecule has 25 heavy (non-hydrogen) atoms. The van der Waals surface area contributed by atoms with E-state index in [1.807, 2.05) is 12.1 Å². The van der Waals surface area contributed by atoms with Gasteiger partial charge in [-0.3, -0.25) is 4.79 Å². The molecule has 0 spiro atoms. The van der Waals surface area contributed by atoms with Crippen molar-refractivity contribution >= 4 is 22.9 Å². The van der Waals surface area contributed by atoms with E-state index >= 15 is 0 Å². The van der Waals surface area contributed by atoms with Gasteiger partial charge in [-0.1, -0.05) is 13.0 Å². The number of hydrogen-bond donors (Lipinski definition) is 0. The molecule has 3 rings (SSSR count). The number of carbonyl (C=O) groups excluding carboxylic acids is 1. The maximum Gasteiger partial charge on any atom is 0.308 e. The summed E-state index contributed by atoms with van der Waals surface area (Å²) in [6.07, 6.45) is 3.22. The highest BCUT2D eigenvalue weighted by molar-refractivity contribution is 7.11. The van der Waals surface area contributed by atoms with E-state index in [4.69, 9.17) is 9.47 Å². The zero-order valence-electron chi connectivity index (χ0n) is 14.9. The highest BCUT2D eigenvalue weighted by atomic mass is 32.1. The maximum atomic E-state index is 11.3. The third-order valence-corrected chi connectivity index (χ3v) is 5.27. The van der Waals surface area contributed by atoms with Gasteiger partial charge in [-0.25, -0.2) is 0 Å². The summed E-state index contributed by atoms with van der Waals surface area (Å²) in [6.45, 7) is 6.16. The number of hydrogen-bond acceptors (Lipinski definition) is 5. The van der Waals surface area contributed by atoms with E-state index in [1.165, 1.54) is 17.4 Å². The van der Waals surface area contributed by atoms with Crippen LogP contribution in [0.4, 0.5) is 0 Å². The molecule has 0 aliphatic carbocycles. The van der Waals surface area contributed by atoms with E-state index in [-0.39, 0.29) is 5.97 Å². The van der Waals surface area contributed by atoms with Crippen LogP contribution in [0, 0.1) is 0 Å². The molecule has 0 N–H and O–H groups in total. The van der Waals surface area contributed by atoms with E-state index in [2.05, 4.69) is 36.4 Å². The van der Waals surface area contributed by atoms with Gasteiger partial charge in [0.15, 0.2) is 0 Å². The second-order valence-corrected chi connectivity index (χ2v) is 7.03. The molecule has 5 heteroatoms. The summed E-state index contributed by atoms with van der Waals surface area (Å²) < 4.78 is 11.3. The molecule has 0 radical (unpaired) electrons. The number of ether oxygens (including phenoxy) is 2. The fraction of sp³-hybridized carbons (Fsp3) is 0.350. The molecular formula is C20H23NO3S. The lowest BCUT2D eigenvalue weighted by molar-refractivity contribution is -0.131. The summed E-state index contributed by atoms with van der Waals surface area (Å²) in [5.74, 6) is 1.06. The first-order valence-corrected chi connectivity index (χ1v) is 9.37. The summed E-state index contributed by atoms with van der Waals surface area (Å²) in [7, 11) is 2.12. The first-order chi connectivity index (χ1) is 12.1. The van der Waals surface area contributed by atoms with Crippen molar-refractivity contribution in [1.29, 1.82) is 0 Å². The molecule has 1 aliphatic heterocycles. The standard InChI is InChI=1S/C20H23NO3S/c1-4-21(3)10-5-6-17-18-12-16(24-14(2)22)7-8-19(18)23-13-15-9-11-25-20(15)17/h6-9,11-12H,4-5,10,13H2,1-3H3/b17-6+. The topological polar surface area (TPSA) is 38.8 Å². The van der Waals surface area contributed by atoms with Crippen molar-refractivity contribution in [3.05, 3.63) is 51.7 Å². The fourth-order valence-corrected chi connectivity index (χ4v) is 3.80. The summed E-state index contributed by atoms with van der Waals surface area (Å²) in [6, 6.07) is 7.68. The second kappa shape index (κ2) is 7.85. The van der Waals surface area contributed by atoms with E-state index in [0.29, 0.717) is 12.4 Å². The second-order valence-electron chi connectivity index (χ2n) is 6.12. The Morgan fingerprint density at radius 1 is 1.40 bits per heavy atom. The molecule has 1 aliphatic rings. The first-order valence-electron chi connectivity index (χ1n) is 8.49. The molecular weight excluding hydrogens is 334 g/mol. The molecule has 0 atom stereocenters. The number of rotatable bonds is 5. The normalized spacial score (nSPS) is 14.6. The summed E-state index contributed by atoms with van der Waals surface area (Å²) in [5, 5.41) is 2.10. The van der Waals surface area contributed by atoms with Gasteiger partial charge in [-0.2, -0.15) is 0 Å². The number of benzene rings is 1. The lowest BCUT2D eigenvalue weighted by Gasteiger charge is -2.14.